The van der Waals surface area contributed by atoms with Crippen LogP contribution in [0.25, 0.3) is 0 Å². The third-order valence-corrected chi connectivity index (χ3v) is 5.10. The predicted molar refractivity (Wildman–Crippen MR) is 113 cm³/mol. The molecule has 3 unspecified atom stereocenters. The molecule has 0 saturated carbocycles. The molecule has 3 atom stereocenters. The van der Waals surface area contributed by atoms with E-state index in [4.69, 9.17) is 10.5 Å². The Morgan fingerprint density at radius 3 is 2.07 bits per heavy atom. The van der Waals surface area contributed by atoms with Gasteiger partial charge in [-0.25, -0.2) is 0 Å². The minimum absolute atomic E-state index is 0.00576. The highest BCUT2D eigenvalue weighted by Gasteiger charge is 2.35. The maximum Gasteiger partial charge on any atom is 0.246 e. The van der Waals surface area contributed by atoms with Gasteiger partial charge < -0.3 is 21.1 Å². The van der Waals surface area contributed by atoms with Crippen LogP contribution in [0.3, 0.4) is 0 Å². The largest absolute Gasteiger partial charge is 0.370 e. The summed E-state index contributed by atoms with van der Waals surface area (Å²) in [5, 5.41) is 5.15. The predicted octanol–water partition coefficient (Wildman–Crippen LogP) is 0.531. The first kappa shape index (κ1) is 27.9. The summed E-state index contributed by atoms with van der Waals surface area (Å²) in [5.41, 5.74) is 4.65. The first-order chi connectivity index (χ1) is 13.8. The molecular weight excluding hydrogens is 390 g/mol. The molecule has 0 bridgehead atoms. The molecule has 0 aliphatic rings. The summed E-state index contributed by atoms with van der Waals surface area (Å²) in [6, 6.07) is -1.96. The number of ketones is 3. The highest BCUT2D eigenvalue weighted by atomic mass is 16.5. The fraction of sp³-hybridized carbons (Fsp3) is 0.762. The Morgan fingerprint density at radius 2 is 1.63 bits per heavy atom. The lowest BCUT2D eigenvalue weighted by atomic mass is 9.75. The van der Waals surface area contributed by atoms with E-state index in [1.54, 1.807) is 13.8 Å². The maximum atomic E-state index is 12.8. The van der Waals surface area contributed by atoms with Crippen LogP contribution in [0.5, 0.6) is 0 Å². The van der Waals surface area contributed by atoms with Gasteiger partial charge in [-0.2, -0.15) is 0 Å². The average Bonchev–Trinajstić information content (AvgIpc) is 2.63. The molecule has 172 valence electrons. The van der Waals surface area contributed by atoms with Crippen LogP contribution in [-0.4, -0.2) is 61.0 Å². The van der Waals surface area contributed by atoms with Gasteiger partial charge in [0.05, 0.1) is 12.6 Å². The molecule has 0 aromatic carbocycles. The molecule has 0 spiro atoms. The normalized spacial score (nSPS) is 14.4. The van der Waals surface area contributed by atoms with Gasteiger partial charge in [-0.05, 0) is 33.1 Å². The van der Waals surface area contributed by atoms with E-state index in [0.717, 1.165) is 0 Å². The van der Waals surface area contributed by atoms with Crippen molar-refractivity contribution in [1.82, 2.24) is 10.6 Å². The minimum atomic E-state index is -1.13. The molecule has 0 aliphatic carbocycles. The number of carbonyl (C=O) groups excluding carboxylic acids is 5. The van der Waals surface area contributed by atoms with E-state index >= 15 is 0 Å². The standard InChI is InChI=1S/C21H37N3O6/c1-7-16(11-21(5,6)15(4)27)19(14(3)26)24-20(29)17(10-13(2)25)23-18(28)12-30-9-8-22/h16-17,19H,7-12,22H2,1-6H3,(H,23,28)(H,24,29). The van der Waals surface area contributed by atoms with E-state index in [1.807, 2.05) is 6.92 Å². The quantitative estimate of drug-likeness (QED) is 0.323. The monoisotopic (exact) mass is 427 g/mol. The molecule has 30 heavy (non-hydrogen) atoms. The van der Waals surface area contributed by atoms with E-state index in [-0.39, 0.29) is 49.4 Å². The SMILES string of the molecule is CCC(CC(C)(C)C(C)=O)C(NC(=O)C(CC(C)=O)NC(=O)COCCN)C(C)=O. The second-order valence-corrected chi connectivity index (χ2v) is 8.28. The lowest BCUT2D eigenvalue weighted by molar-refractivity contribution is -0.135. The average molecular weight is 428 g/mol. The van der Waals surface area contributed by atoms with Crippen molar-refractivity contribution >= 4 is 29.2 Å². The molecule has 4 N–H and O–H groups in total. The van der Waals surface area contributed by atoms with Crippen LogP contribution >= 0.6 is 0 Å². The van der Waals surface area contributed by atoms with E-state index in [1.165, 1.54) is 20.8 Å². The lowest BCUT2D eigenvalue weighted by Gasteiger charge is -2.32. The molecule has 2 amide bonds. The van der Waals surface area contributed by atoms with Crippen LogP contribution in [-0.2, 0) is 28.7 Å². The van der Waals surface area contributed by atoms with Crippen molar-refractivity contribution in [1.29, 1.82) is 0 Å². The molecule has 9 heteroatoms. The molecule has 0 aromatic rings. The first-order valence-corrected chi connectivity index (χ1v) is 10.2. The van der Waals surface area contributed by atoms with E-state index in [0.29, 0.717) is 12.8 Å². The van der Waals surface area contributed by atoms with Crippen molar-refractivity contribution in [3.05, 3.63) is 0 Å². The Morgan fingerprint density at radius 1 is 1.03 bits per heavy atom. The zero-order valence-corrected chi connectivity index (χ0v) is 19.0. The van der Waals surface area contributed by atoms with Crippen molar-refractivity contribution in [2.75, 3.05) is 19.8 Å². The number of hydrogen-bond acceptors (Lipinski definition) is 7. The number of nitrogens with one attached hydrogen (secondary N) is 2. The number of rotatable bonds is 15. The molecule has 0 rings (SSSR count). The van der Waals surface area contributed by atoms with Crippen molar-refractivity contribution in [2.24, 2.45) is 17.1 Å². The summed E-state index contributed by atoms with van der Waals surface area (Å²) >= 11 is 0. The van der Waals surface area contributed by atoms with Gasteiger partial charge in [0.1, 0.15) is 24.2 Å². The van der Waals surface area contributed by atoms with Crippen molar-refractivity contribution in [3.8, 4) is 0 Å². The Hall–Kier alpha value is -2.13. The zero-order chi connectivity index (χ0) is 23.5. The van der Waals surface area contributed by atoms with E-state index in [9.17, 15) is 24.0 Å². The van der Waals surface area contributed by atoms with Crippen LogP contribution in [0.15, 0.2) is 0 Å². The van der Waals surface area contributed by atoms with Gasteiger partial charge in [0.25, 0.3) is 0 Å². The van der Waals surface area contributed by atoms with Crippen molar-refractivity contribution in [2.45, 2.75) is 72.9 Å². The van der Waals surface area contributed by atoms with Gasteiger partial charge in [0, 0.05) is 18.4 Å². The third-order valence-electron chi connectivity index (χ3n) is 5.10. The third kappa shape index (κ3) is 10.1. The van der Waals surface area contributed by atoms with Crippen LogP contribution in [0.2, 0.25) is 0 Å². The molecule has 0 aliphatic heterocycles. The highest BCUT2D eigenvalue weighted by Crippen LogP contribution is 2.30. The van der Waals surface area contributed by atoms with Crippen LogP contribution in [0, 0.1) is 11.3 Å². The van der Waals surface area contributed by atoms with E-state index in [2.05, 4.69) is 10.6 Å². The highest BCUT2D eigenvalue weighted by molar-refractivity contribution is 5.95. The summed E-state index contributed by atoms with van der Waals surface area (Å²) < 4.78 is 5.04. The van der Waals surface area contributed by atoms with Crippen LogP contribution < -0.4 is 16.4 Å². The van der Waals surface area contributed by atoms with E-state index < -0.39 is 29.3 Å². The maximum absolute atomic E-state index is 12.8. The number of nitrogens with two attached hydrogens (primary N) is 1. The number of amides is 2. The number of hydrogen-bond donors (Lipinski definition) is 3. The summed E-state index contributed by atoms with van der Waals surface area (Å²) in [7, 11) is 0. The second-order valence-electron chi connectivity index (χ2n) is 8.28. The van der Waals surface area contributed by atoms with Gasteiger partial charge >= 0.3 is 0 Å². The van der Waals surface area contributed by atoms with Crippen molar-refractivity contribution in [3.63, 3.8) is 0 Å². The molecule has 0 heterocycles. The molecule has 0 saturated heterocycles. The lowest BCUT2D eigenvalue weighted by Crippen LogP contribution is -2.54. The Balaban J connectivity index is 5.39. The van der Waals surface area contributed by atoms with Crippen LogP contribution in [0.4, 0.5) is 0 Å². The first-order valence-electron chi connectivity index (χ1n) is 10.2. The molecule has 9 nitrogen and oxygen atoms in total. The molecule has 0 aromatic heterocycles. The molecule has 0 radical (unpaired) electrons. The number of ether oxygens (including phenoxy) is 1. The minimum Gasteiger partial charge on any atom is -0.370 e. The molecular formula is C21H37N3O6. The summed E-state index contributed by atoms with van der Waals surface area (Å²) in [6.07, 6.45) is 0.771. The molecule has 0 fully saturated rings. The Kier molecular flexibility index (Phi) is 12.3. The summed E-state index contributed by atoms with van der Waals surface area (Å²) in [4.78, 5) is 60.6. The van der Waals surface area contributed by atoms with Gasteiger partial charge in [-0.1, -0.05) is 27.2 Å². The van der Waals surface area contributed by atoms with Crippen LogP contribution in [0.1, 0.15) is 60.8 Å². The Bertz CT molecular complexity index is 632. The van der Waals surface area contributed by atoms with Gasteiger partial charge in [-0.3, -0.25) is 24.0 Å². The smallest absolute Gasteiger partial charge is 0.246 e. The van der Waals surface area contributed by atoms with Gasteiger partial charge in [0.2, 0.25) is 11.8 Å². The Labute approximate surface area is 178 Å². The van der Waals surface area contributed by atoms with Gasteiger partial charge in [0.15, 0.2) is 5.78 Å². The summed E-state index contributed by atoms with van der Waals surface area (Å²) in [5.74, 6) is -2.01. The van der Waals surface area contributed by atoms with Gasteiger partial charge in [-0.15, -0.1) is 0 Å². The fourth-order valence-electron chi connectivity index (χ4n) is 3.08. The number of carbonyl (C=O) groups is 5. The second kappa shape index (κ2) is 13.2. The topological polar surface area (TPSA) is 145 Å². The fourth-order valence-corrected chi connectivity index (χ4v) is 3.08. The number of Topliss-reactive ketones (excluding diaryl/α,β-unsaturated/α-hetero) is 3. The summed E-state index contributed by atoms with van der Waals surface area (Å²) in [6.45, 7) is 9.81. The zero-order valence-electron chi connectivity index (χ0n) is 19.0. The van der Waals surface area contributed by atoms with Crippen molar-refractivity contribution < 1.29 is 28.7 Å².